The third-order valence-electron chi connectivity index (χ3n) is 4.95. The van der Waals surface area contributed by atoms with E-state index < -0.39 is 0 Å². The van der Waals surface area contributed by atoms with Gasteiger partial charge in [-0.25, -0.2) is 4.98 Å². The Labute approximate surface area is 116 Å². The number of H-pyrrole nitrogens is 1. The van der Waals surface area contributed by atoms with Crippen LogP contribution < -0.4 is 0 Å². The zero-order chi connectivity index (χ0) is 13.1. The maximum Gasteiger partial charge on any atom is 0.150 e. The second-order valence-electron chi connectivity index (χ2n) is 6.43. The number of aryl methyl sites for hydroxylation is 1. The zero-order valence-electron chi connectivity index (χ0n) is 12.1. The minimum Gasteiger partial charge on any atom is -0.295 e. The van der Waals surface area contributed by atoms with Gasteiger partial charge in [0, 0.05) is 13.0 Å². The van der Waals surface area contributed by atoms with E-state index in [1.807, 2.05) is 0 Å². The van der Waals surface area contributed by atoms with Crippen molar-refractivity contribution in [3.05, 3.63) is 11.6 Å². The van der Waals surface area contributed by atoms with Crippen LogP contribution in [0.25, 0.3) is 0 Å². The van der Waals surface area contributed by atoms with Crippen LogP contribution in [0.5, 0.6) is 0 Å². The van der Waals surface area contributed by atoms with Crippen LogP contribution in [-0.2, 0) is 13.0 Å². The average Bonchev–Trinajstić information content (AvgIpc) is 2.95. The summed E-state index contributed by atoms with van der Waals surface area (Å²) in [6, 6.07) is 0. The molecule has 0 atom stereocenters. The fourth-order valence-electron chi connectivity index (χ4n) is 3.82. The standard InChI is InChI=1S/C15H26N4/c1-2-13-16-14(18-17-13)11-19-10-9-15(12-19)7-5-3-4-6-8-15/h2-12H2,1H3,(H,16,17,18). The molecular formula is C15H26N4. The van der Waals surface area contributed by atoms with Crippen molar-refractivity contribution in [3.63, 3.8) is 0 Å². The van der Waals surface area contributed by atoms with Crippen LogP contribution in [0.1, 0.15) is 63.5 Å². The first kappa shape index (κ1) is 13.1. The predicted octanol–water partition coefficient (Wildman–Crippen LogP) is 2.91. The summed E-state index contributed by atoms with van der Waals surface area (Å²) < 4.78 is 0. The highest BCUT2D eigenvalue weighted by Crippen LogP contribution is 2.42. The van der Waals surface area contributed by atoms with Crippen molar-refractivity contribution in [1.29, 1.82) is 0 Å². The monoisotopic (exact) mass is 262 g/mol. The Bertz CT molecular complexity index is 404. The molecule has 1 spiro atoms. The molecule has 1 aliphatic heterocycles. The number of aromatic amines is 1. The first-order valence-electron chi connectivity index (χ1n) is 7.92. The number of nitrogens with one attached hydrogen (secondary N) is 1. The molecule has 0 bridgehead atoms. The molecule has 2 aliphatic rings. The lowest BCUT2D eigenvalue weighted by Crippen LogP contribution is -2.27. The van der Waals surface area contributed by atoms with Gasteiger partial charge in [0.1, 0.15) is 11.6 Å². The van der Waals surface area contributed by atoms with E-state index in [0.717, 1.165) is 24.6 Å². The highest BCUT2D eigenvalue weighted by Gasteiger charge is 2.37. The van der Waals surface area contributed by atoms with Crippen LogP contribution in [0.2, 0.25) is 0 Å². The van der Waals surface area contributed by atoms with E-state index in [0.29, 0.717) is 5.41 Å². The SMILES string of the molecule is CCc1n[nH]c(CN2CCC3(CCCCCC3)C2)n1. The van der Waals surface area contributed by atoms with E-state index in [1.165, 1.54) is 58.0 Å². The molecule has 3 rings (SSSR count). The first-order valence-corrected chi connectivity index (χ1v) is 7.92. The summed E-state index contributed by atoms with van der Waals surface area (Å²) in [5.41, 5.74) is 0.629. The van der Waals surface area contributed by atoms with Crippen LogP contribution >= 0.6 is 0 Å². The molecule has 4 nitrogen and oxygen atoms in total. The Balaban J connectivity index is 1.58. The fourth-order valence-corrected chi connectivity index (χ4v) is 3.82. The maximum absolute atomic E-state index is 4.54. The Morgan fingerprint density at radius 3 is 2.63 bits per heavy atom. The molecule has 1 aliphatic carbocycles. The van der Waals surface area contributed by atoms with Crippen LogP contribution in [0.4, 0.5) is 0 Å². The topological polar surface area (TPSA) is 44.8 Å². The third kappa shape index (κ3) is 2.99. The van der Waals surface area contributed by atoms with Gasteiger partial charge < -0.3 is 0 Å². The van der Waals surface area contributed by atoms with E-state index in [9.17, 15) is 0 Å². The number of likely N-dealkylation sites (tertiary alicyclic amines) is 1. The number of rotatable bonds is 3. The minimum absolute atomic E-state index is 0.629. The van der Waals surface area contributed by atoms with Gasteiger partial charge in [-0.1, -0.05) is 32.6 Å². The lowest BCUT2D eigenvalue weighted by Gasteiger charge is -2.27. The largest absolute Gasteiger partial charge is 0.295 e. The number of hydrogen-bond donors (Lipinski definition) is 1. The Hall–Kier alpha value is -0.900. The normalized spacial score (nSPS) is 23.8. The molecule has 0 aromatic carbocycles. The molecule has 1 saturated heterocycles. The van der Waals surface area contributed by atoms with Gasteiger partial charge in [0.25, 0.3) is 0 Å². The minimum atomic E-state index is 0.629. The Kier molecular flexibility index (Phi) is 3.87. The van der Waals surface area contributed by atoms with E-state index in [1.54, 1.807) is 0 Å². The smallest absolute Gasteiger partial charge is 0.150 e. The van der Waals surface area contributed by atoms with Crippen LogP contribution in [0.15, 0.2) is 0 Å². The summed E-state index contributed by atoms with van der Waals surface area (Å²) in [5, 5.41) is 7.32. The van der Waals surface area contributed by atoms with Crippen molar-refractivity contribution in [2.45, 2.75) is 64.8 Å². The molecule has 106 valence electrons. The van der Waals surface area contributed by atoms with Crippen molar-refractivity contribution >= 4 is 0 Å². The molecule has 1 saturated carbocycles. The van der Waals surface area contributed by atoms with Gasteiger partial charge in [0.15, 0.2) is 0 Å². The summed E-state index contributed by atoms with van der Waals surface area (Å²) in [6.45, 7) is 5.56. The molecule has 2 fully saturated rings. The number of hydrogen-bond acceptors (Lipinski definition) is 3. The van der Waals surface area contributed by atoms with Crippen molar-refractivity contribution in [2.75, 3.05) is 13.1 Å². The van der Waals surface area contributed by atoms with Crippen LogP contribution in [0.3, 0.4) is 0 Å². The van der Waals surface area contributed by atoms with Gasteiger partial charge in [0.2, 0.25) is 0 Å². The summed E-state index contributed by atoms with van der Waals surface area (Å²) in [7, 11) is 0. The molecule has 0 amide bonds. The molecule has 4 heteroatoms. The van der Waals surface area contributed by atoms with Crippen molar-refractivity contribution in [2.24, 2.45) is 5.41 Å². The second-order valence-corrected chi connectivity index (χ2v) is 6.43. The van der Waals surface area contributed by atoms with Gasteiger partial charge in [0.05, 0.1) is 6.54 Å². The molecular weight excluding hydrogens is 236 g/mol. The molecule has 1 N–H and O–H groups in total. The van der Waals surface area contributed by atoms with Crippen molar-refractivity contribution in [1.82, 2.24) is 20.1 Å². The molecule has 2 heterocycles. The predicted molar refractivity (Wildman–Crippen MR) is 75.8 cm³/mol. The summed E-state index contributed by atoms with van der Waals surface area (Å²) in [5.74, 6) is 1.99. The van der Waals surface area contributed by atoms with Gasteiger partial charge in [-0.3, -0.25) is 10.00 Å². The van der Waals surface area contributed by atoms with Crippen LogP contribution in [-0.4, -0.2) is 33.2 Å². The van der Waals surface area contributed by atoms with E-state index in [2.05, 4.69) is 27.0 Å². The fraction of sp³-hybridized carbons (Fsp3) is 0.867. The van der Waals surface area contributed by atoms with Gasteiger partial charge in [-0.05, 0) is 31.2 Å². The first-order chi connectivity index (χ1) is 9.30. The highest BCUT2D eigenvalue weighted by atomic mass is 15.3. The summed E-state index contributed by atoms with van der Waals surface area (Å²) >= 11 is 0. The lowest BCUT2D eigenvalue weighted by atomic mass is 9.80. The zero-order valence-corrected chi connectivity index (χ0v) is 12.1. The van der Waals surface area contributed by atoms with Gasteiger partial charge in [-0.2, -0.15) is 5.10 Å². The van der Waals surface area contributed by atoms with Crippen molar-refractivity contribution in [3.8, 4) is 0 Å². The molecule has 0 radical (unpaired) electrons. The quantitative estimate of drug-likeness (QED) is 0.911. The highest BCUT2D eigenvalue weighted by molar-refractivity contribution is 4.95. The maximum atomic E-state index is 4.54. The lowest BCUT2D eigenvalue weighted by molar-refractivity contribution is 0.222. The average molecular weight is 262 g/mol. The molecule has 1 aromatic rings. The summed E-state index contributed by atoms with van der Waals surface area (Å²) in [4.78, 5) is 7.11. The van der Waals surface area contributed by atoms with Crippen molar-refractivity contribution < 1.29 is 0 Å². The molecule has 19 heavy (non-hydrogen) atoms. The molecule has 1 aromatic heterocycles. The number of aromatic nitrogens is 3. The number of nitrogens with zero attached hydrogens (tertiary/aromatic N) is 3. The van der Waals surface area contributed by atoms with Crippen LogP contribution in [0, 0.1) is 5.41 Å². The van der Waals surface area contributed by atoms with E-state index in [-0.39, 0.29) is 0 Å². The molecule has 0 unspecified atom stereocenters. The Morgan fingerprint density at radius 1 is 1.16 bits per heavy atom. The third-order valence-corrected chi connectivity index (χ3v) is 4.95. The second kappa shape index (κ2) is 5.61. The van der Waals surface area contributed by atoms with E-state index >= 15 is 0 Å². The van der Waals surface area contributed by atoms with Gasteiger partial charge in [-0.15, -0.1) is 0 Å². The van der Waals surface area contributed by atoms with E-state index in [4.69, 9.17) is 0 Å². The van der Waals surface area contributed by atoms with Gasteiger partial charge >= 0.3 is 0 Å². The Morgan fingerprint density at radius 2 is 1.95 bits per heavy atom. The summed E-state index contributed by atoms with van der Waals surface area (Å²) in [6.07, 6.45) is 11.0.